The summed E-state index contributed by atoms with van der Waals surface area (Å²) in [5, 5.41) is 0. The minimum Gasteiger partial charge on any atom is -0.371 e. The molecule has 3 atom stereocenters. The van der Waals surface area contributed by atoms with Crippen molar-refractivity contribution in [2.24, 2.45) is 16.7 Å². The van der Waals surface area contributed by atoms with Crippen molar-refractivity contribution in [1.29, 1.82) is 0 Å². The molecule has 1 nitrogen and oxygen atoms in total. The predicted octanol–water partition coefficient (Wildman–Crippen LogP) is 6.60. The minimum absolute atomic E-state index is 0.173. The third-order valence-corrected chi connectivity index (χ3v) is 6.16. The summed E-state index contributed by atoms with van der Waals surface area (Å²) in [6.45, 7) is 19.0. The molecule has 0 heterocycles. The normalized spacial score (nSPS) is 24.6. The van der Waals surface area contributed by atoms with E-state index in [0.717, 1.165) is 0 Å². The molecule has 0 aromatic carbocycles. The second-order valence-electron chi connectivity index (χ2n) is 9.06. The zero-order valence-corrected chi connectivity index (χ0v) is 16.0. The van der Waals surface area contributed by atoms with E-state index in [9.17, 15) is 0 Å². The molecule has 1 aliphatic rings. The average Bonchev–Trinajstić information content (AvgIpc) is 2.84. The Morgan fingerprint density at radius 1 is 1.00 bits per heavy atom. The second kappa shape index (κ2) is 7.02. The highest BCUT2D eigenvalue weighted by Crippen LogP contribution is 2.47. The summed E-state index contributed by atoms with van der Waals surface area (Å²) >= 11 is 0. The van der Waals surface area contributed by atoms with Crippen molar-refractivity contribution in [3.63, 3.8) is 0 Å². The van der Waals surface area contributed by atoms with Gasteiger partial charge in [-0.2, -0.15) is 0 Å². The highest BCUT2D eigenvalue weighted by atomic mass is 16.5. The van der Waals surface area contributed by atoms with Crippen LogP contribution >= 0.6 is 0 Å². The third kappa shape index (κ3) is 4.71. The Balaban J connectivity index is 2.92. The molecule has 1 rings (SSSR count). The lowest BCUT2D eigenvalue weighted by Crippen LogP contribution is -2.45. The van der Waals surface area contributed by atoms with Crippen molar-refractivity contribution < 1.29 is 4.74 Å². The number of hydrogen-bond donors (Lipinski definition) is 0. The fraction of sp³-hybridized carbons (Fsp3) is 1.00. The Bertz CT molecular complexity index is 308. The van der Waals surface area contributed by atoms with E-state index in [1.54, 1.807) is 0 Å². The van der Waals surface area contributed by atoms with Gasteiger partial charge in [-0.1, -0.05) is 67.7 Å². The third-order valence-electron chi connectivity index (χ3n) is 6.16. The Morgan fingerprint density at radius 2 is 1.52 bits per heavy atom. The molecule has 1 aliphatic carbocycles. The molecule has 0 radical (unpaired) electrons. The Labute approximate surface area is 134 Å². The second-order valence-corrected chi connectivity index (χ2v) is 9.06. The van der Waals surface area contributed by atoms with Gasteiger partial charge in [-0.05, 0) is 49.4 Å². The molecule has 126 valence electrons. The molecule has 0 aromatic rings. The van der Waals surface area contributed by atoms with Gasteiger partial charge in [0.05, 0.1) is 11.7 Å². The maximum atomic E-state index is 6.78. The van der Waals surface area contributed by atoms with E-state index in [1.165, 1.54) is 44.9 Å². The van der Waals surface area contributed by atoms with E-state index in [4.69, 9.17) is 4.74 Å². The first-order valence-corrected chi connectivity index (χ1v) is 9.26. The highest BCUT2D eigenvalue weighted by Gasteiger charge is 2.44. The van der Waals surface area contributed by atoms with Crippen LogP contribution in [0.4, 0.5) is 0 Å². The number of ether oxygens (including phenoxy) is 1. The quantitative estimate of drug-likeness (QED) is 0.514. The zero-order valence-electron chi connectivity index (χ0n) is 16.0. The molecule has 0 amide bonds. The van der Waals surface area contributed by atoms with Crippen LogP contribution in [-0.2, 0) is 4.74 Å². The van der Waals surface area contributed by atoms with Gasteiger partial charge in [0, 0.05) is 0 Å². The predicted molar refractivity (Wildman–Crippen MR) is 93.7 cm³/mol. The smallest absolute Gasteiger partial charge is 0.0683 e. The molecule has 0 N–H and O–H groups in total. The summed E-state index contributed by atoms with van der Waals surface area (Å²) in [4.78, 5) is 0. The van der Waals surface area contributed by atoms with Gasteiger partial charge in [-0.3, -0.25) is 0 Å². The van der Waals surface area contributed by atoms with Gasteiger partial charge in [-0.25, -0.2) is 0 Å². The van der Waals surface area contributed by atoms with Crippen LogP contribution < -0.4 is 0 Å². The standard InChI is InChI=1S/C20H40O/c1-9-16(3)19(8,15-18(5,6)7)17(4)21-20(10-2)13-11-12-14-20/h16-17H,9-15H2,1-8H3. The van der Waals surface area contributed by atoms with Crippen LogP contribution in [-0.4, -0.2) is 11.7 Å². The van der Waals surface area contributed by atoms with Gasteiger partial charge < -0.3 is 4.74 Å². The van der Waals surface area contributed by atoms with E-state index < -0.39 is 0 Å². The van der Waals surface area contributed by atoms with Crippen molar-refractivity contribution in [3.8, 4) is 0 Å². The van der Waals surface area contributed by atoms with Gasteiger partial charge in [0.2, 0.25) is 0 Å². The molecule has 1 heteroatoms. The lowest BCUT2D eigenvalue weighted by atomic mass is 9.64. The van der Waals surface area contributed by atoms with E-state index in [-0.39, 0.29) is 11.0 Å². The summed E-state index contributed by atoms with van der Waals surface area (Å²) in [7, 11) is 0. The summed E-state index contributed by atoms with van der Waals surface area (Å²) in [6.07, 6.45) is 9.20. The molecule has 0 saturated heterocycles. The molecule has 0 aliphatic heterocycles. The fourth-order valence-corrected chi connectivity index (χ4v) is 4.41. The van der Waals surface area contributed by atoms with E-state index in [0.29, 0.717) is 17.4 Å². The first kappa shape index (κ1) is 19.0. The van der Waals surface area contributed by atoms with Crippen molar-refractivity contribution in [1.82, 2.24) is 0 Å². The molecule has 0 bridgehead atoms. The number of rotatable bonds is 7. The monoisotopic (exact) mass is 296 g/mol. The van der Waals surface area contributed by atoms with E-state index in [1.807, 2.05) is 0 Å². The average molecular weight is 297 g/mol. The Morgan fingerprint density at radius 3 is 1.90 bits per heavy atom. The van der Waals surface area contributed by atoms with Crippen molar-refractivity contribution >= 4 is 0 Å². The van der Waals surface area contributed by atoms with E-state index >= 15 is 0 Å². The van der Waals surface area contributed by atoms with Crippen LogP contribution in [0.5, 0.6) is 0 Å². The molecule has 21 heavy (non-hydrogen) atoms. The van der Waals surface area contributed by atoms with Gasteiger partial charge in [-0.15, -0.1) is 0 Å². The van der Waals surface area contributed by atoms with Crippen LogP contribution in [0.25, 0.3) is 0 Å². The van der Waals surface area contributed by atoms with Gasteiger partial charge in [0.25, 0.3) is 0 Å². The van der Waals surface area contributed by atoms with E-state index in [2.05, 4.69) is 55.4 Å². The molecule has 0 aromatic heterocycles. The van der Waals surface area contributed by atoms with Crippen molar-refractivity contribution in [3.05, 3.63) is 0 Å². The SMILES string of the molecule is CCC(C)C(C)(CC(C)(C)C)C(C)OC1(CC)CCCC1. The summed E-state index contributed by atoms with van der Waals surface area (Å²) in [6, 6.07) is 0. The van der Waals surface area contributed by atoms with Crippen LogP contribution in [0.2, 0.25) is 0 Å². The zero-order chi connectivity index (χ0) is 16.3. The van der Waals surface area contributed by atoms with Gasteiger partial charge in [0.1, 0.15) is 0 Å². The summed E-state index contributed by atoms with van der Waals surface area (Å²) < 4.78 is 6.78. The first-order chi connectivity index (χ1) is 9.58. The highest BCUT2D eigenvalue weighted by molar-refractivity contribution is 4.93. The minimum atomic E-state index is 0.173. The van der Waals surface area contributed by atoms with Crippen LogP contribution in [0.3, 0.4) is 0 Å². The maximum Gasteiger partial charge on any atom is 0.0683 e. The molecule has 1 saturated carbocycles. The van der Waals surface area contributed by atoms with Gasteiger partial charge in [0.15, 0.2) is 0 Å². The van der Waals surface area contributed by atoms with Crippen molar-refractivity contribution in [2.45, 2.75) is 112 Å². The van der Waals surface area contributed by atoms with Crippen LogP contribution in [0, 0.1) is 16.7 Å². The van der Waals surface area contributed by atoms with Gasteiger partial charge >= 0.3 is 0 Å². The topological polar surface area (TPSA) is 9.23 Å². The lowest BCUT2D eigenvalue weighted by Gasteiger charge is -2.47. The molecular formula is C20H40O. The fourth-order valence-electron chi connectivity index (χ4n) is 4.41. The lowest BCUT2D eigenvalue weighted by molar-refractivity contribution is -0.151. The molecule has 3 unspecified atom stereocenters. The molecule has 0 spiro atoms. The van der Waals surface area contributed by atoms with Crippen LogP contribution in [0.1, 0.15) is 100 Å². The summed E-state index contributed by atoms with van der Waals surface area (Å²) in [5.41, 5.74) is 0.786. The first-order valence-electron chi connectivity index (χ1n) is 9.26. The molecule has 1 fully saturated rings. The Kier molecular flexibility index (Phi) is 6.36. The largest absolute Gasteiger partial charge is 0.371 e. The molecular weight excluding hydrogens is 256 g/mol. The number of hydrogen-bond acceptors (Lipinski definition) is 1. The maximum absolute atomic E-state index is 6.78. The van der Waals surface area contributed by atoms with Crippen LogP contribution in [0.15, 0.2) is 0 Å². The summed E-state index contributed by atoms with van der Waals surface area (Å²) in [5.74, 6) is 0.696. The Hall–Kier alpha value is -0.0400. The van der Waals surface area contributed by atoms with Crippen molar-refractivity contribution in [2.75, 3.05) is 0 Å².